The molecule has 3 aromatic carbocycles. The third-order valence-corrected chi connectivity index (χ3v) is 5.20. The molecule has 5 rings (SSSR count). The molecule has 0 saturated carbocycles. The number of imide groups is 1. The largest absolute Gasteiger partial charge is 0.366 e. The second kappa shape index (κ2) is 6.63. The van der Waals surface area contributed by atoms with Gasteiger partial charge >= 0.3 is 0 Å². The van der Waals surface area contributed by atoms with Gasteiger partial charge in [0.2, 0.25) is 5.91 Å². The molecular weight excluding hydrogens is 378 g/mol. The van der Waals surface area contributed by atoms with Crippen LogP contribution < -0.4 is 10.6 Å². The minimum atomic E-state index is -0.530. The molecular formula is C24H15N3O3. The third-order valence-electron chi connectivity index (χ3n) is 5.20. The molecule has 6 nitrogen and oxygen atoms in total. The van der Waals surface area contributed by atoms with Gasteiger partial charge in [-0.1, -0.05) is 42.5 Å². The summed E-state index contributed by atoms with van der Waals surface area (Å²) in [6, 6.07) is 22.6. The van der Waals surface area contributed by atoms with Crippen LogP contribution in [0.25, 0.3) is 22.2 Å². The maximum atomic E-state index is 12.7. The summed E-state index contributed by atoms with van der Waals surface area (Å²) in [5.41, 5.74) is 9.19. The lowest BCUT2D eigenvalue weighted by Gasteiger charge is -2.14. The monoisotopic (exact) mass is 393 g/mol. The van der Waals surface area contributed by atoms with E-state index in [1.54, 1.807) is 60.7 Å². The average Bonchev–Trinajstić information content (AvgIpc) is 3.03. The number of fused-ring (bicyclic) bond motifs is 2. The van der Waals surface area contributed by atoms with E-state index < -0.39 is 5.91 Å². The molecule has 0 saturated heterocycles. The van der Waals surface area contributed by atoms with E-state index in [1.165, 1.54) is 0 Å². The number of anilines is 1. The molecule has 0 unspecified atom stereocenters. The average molecular weight is 393 g/mol. The molecule has 1 aliphatic rings. The quantitative estimate of drug-likeness (QED) is 0.536. The predicted octanol–water partition coefficient (Wildman–Crippen LogP) is 3.80. The molecule has 4 aromatic rings. The standard InChI is InChI=1S/C24H15N3O3/c25-22(28)19-13-21(26-20-8-4-3-5-16(19)20)14-9-11-15(12-10-14)27-23(29)17-6-1-2-7-18(17)24(27)30/h1-13H,(H2,25,28). The highest BCUT2D eigenvalue weighted by Gasteiger charge is 2.36. The highest BCUT2D eigenvalue weighted by atomic mass is 16.2. The smallest absolute Gasteiger partial charge is 0.266 e. The van der Waals surface area contributed by atoms with Crippen LogP contribution in [0.5, 0.6) is 0 Å². The maximum Gasteiger partial charge on any atom is 0.266 e. The van der Waals surface area contributed by atoms with E-state index in [1.807, 2.05) is 18.2 Å². The molecule has 0 radical (unpaired) electrons. The van der Waals surface area contributed by atoms with Crippen molar-refractivity contribution in [3.05, 3.63) is 95.6 Å². The van der Waals surface area contributed by atoms with E-state index in [9.17, 15) is 14.4 Å². The molecule has 0 spiro atoms. The first-order valence-electron chi connectivity index (χ1n) is 9.32. The van der Waals surface area contributed by atoms with Gasteiger partial charge in [0.25, 0.3) is 11.8 Å². The summed E-state index contributed by atoms with van der Waals surface area (Å²) in [5.74, 6) is -1.22. The first-order valence-corrected chi connectivity index (χ1v) is 9.32. The Balaban J connectivity index is 1.55. The van der Waals surface area contributed by atoms with E-state index >= 15 is 0 Å². The minimum absolute atomic E-state index is 0.344. The van der Waals surface area contributed by atoms with Crippen molar-refractivity contribution < 1.29 is 14.4 Å². The zero-order valence-corrected chi connectivity index (χ0v) is 15.7. The van der Waals surface area contributed by atoms with Crippen molar-refractivity contribution in [2.24, 2.45) is 5.73 Å². The van der Waals surface area contributed by atoms with Gasteiger partial charge in [0.15, 0.2) is 0 Å². The van der Waals surface area contributed by atoms with Crippen LogP contribution >= 0.6 is 0 Å². The van der Waals surface area contributed by atoms with Crippen molar-refractivity contribution in [1.29, 1.82) is 0 Å². The van der Waals surface area contributed by atoms with E-state index in [4.69, 9.17) is 5.73 Å². The Morgan fingerprint density at radius 3 is 2.03 bits per heavy atom. The van der Waals surface area contributed by atoms with Gasteiger partial charge in [0.1, 0.15) is 0 Å². The number of pyridine rings is 1. The number of rotatable bonds is 3. The first kappa shape index (κ1) is 17.8. The van der Waals surface area contributed by atoms with E-state index in [-0.39, 0.29) is 11.8 Å². The van der Waals surface area contributed by atoms with Crippen molar-refractivity contribution in [2.45, 2.75) is 0 Å². The van der Waals surface area contributed by atoms with Crippen molar-refractivity contribution in [3.63, 3.8) is 0 Å². The summed E-state index contributed by atoms with van der Waals surface area (Å²) in [7, 11) is 0. The van der Waals surface area contributed by atoms with Gasteiger partial charge in [0, 0.05) is 10.9 Å². The number of nitrogens with two attached hydrogens (primary N) is 1. The molecule has 144 valence electrons. The molecule has 2 N–H and O–H groups in total. The van der Waals surface area contributed by atoms with Crippen molar-refractivity contribution in [2.75, 3.05) is 4.90 Å². The minimum Gasteiger partial charge on any atom is -0.366 e. The number of carbonyl (C=O) groups is 3. The normalized spacial score (nSPS) is 13.0. The number of primary amides is 1. The number of carbonyl (C=O) groups excluding carboxylic acids is 3. The Morgan fingerprint density at radius 2 is 1.40 bits per heavy atom. The zero-order valence-electron chi connectivity index (χ0n) is 15.7. The van der Waals surface area contributed by atoms with Gasteiger partial charge in [-0.15, -0.1) is 0 Å². The van der Waals surface area contributed by atoms with Crippen molar-refractivity contribution >= 4 is 34.3 Å². The molecule has 1 aliphatic heterocycles. The summed E-state index contributed by atoms with van der Waals surface area (Å²) in [5, 5.41) is 0.691. The van der Waals surface area contributed by atoms with Crippen LogP contribution in [0, 0.1) is 0 Å². The second-order valence-electron chi connectivity index (χ2n) is 6.97. The molecule has 0 bridgehead atoms. The number of nitrogens with zero attached hydrogens (tertiary/aromatic N) is 2. The Morgan fingerprint density at radius 1 is 0.800 bits per heavy atom. The van der Waals surface area contributed by atoms with E-state index in [0.717, 1.165) is 10.5 Å². The lowest BCUT2D eigenvalue weighted by atomic mass is 10.0. The van der Waals surface area contributed by atoms with Crippen LogP contribution in [0.4, 0.5) is 5.69 Å². The number of hydrogen-bond donors (Lipinski definition) is 1. The molecule has 30 heavy (non-hydrogen) atoms. The van der Waals surface area contributed by atoms with Crippen LogP contribution in [-0.2, 0) is 0 Å². The molecule has 6 heteroatoms. The van der Waals surface area contributed by atoms with E-state index in [2.05, 4.69) is 4.98 Å². The molecule has 0 atom stereocenters. The van der Waals surface area contributed by atoms with E-state index in [0.29, 0.717) is 39.0 Å². The molecule has 1 aromatic heterocycles. The third kappa shape index (κ3) is 2.66. The van der Waals surface area contributed by atoms with Gasteiger partial charge < -0.3 is 5.73 Å². The van der Waals surface area contributed by atoms with Gasteiger partial charge in [0.05, 0.1) is 33.6 Å². The van der Waals surface area contributed by atoms with Crippen LogP contribution in [0.15, 0.2) is 78.9 Å². The highest BCUT2D eigenvalue weighted by molar-refractivity contribution is 6.34. The van der Waals surface area contributed by atoms with Gasteiger partial charge in [-0.05, 0) is 36.4 Å². The Hall–Kier alpha value is -4.32. The fourth-order valence-electron chi connectivity index (χ4n) is 3.73. The molecule has 0 fully saturated rings. The SMILES string of the molecule is NC(=O)c1cc(-c2ccc(N3C(=O)c4ccccc4C3=O)cc2)nc2ccccc12. The van der Waals surface area contributed by atoms with Crippen LogP contribution in [0.3, 0.4) is 0 Å². The predicted molar refractivity (Wildman–Crippen MR) is 113 cm³/mol. The first-order chi connectivity index (χ1) is 14.5. The van der Waals surface area contributed by atoms with Crippen LogP contribution in [0.1, 0.15) is 31.1 Å². The fraction of sp³-hybridized carbons (Fsp3) is 0. The lowest BCUT2D eigenvalue weighted by Crippen LogP contribution is -2.29. The Labute approximate surface area is 171 Å². The lowest BCUT2D eigenvalue weighted by molar-refractivity contribution is 0.0924. The number of hydrogen-bond acceptors (Lipinski definition) is 4. The van der Waals surface area contributed by atoms with Gasteiger partial charge in [-0.25, -0.2) is 9.88 Å². The number of benzene rings is 3. The maximum absolute atomic E-state index is 12.7. The van der Waals surface area contributed by atoms with Gasteiger partial charge in [-0.2, -0.15) is 0 Å². The van der Waals surface area contributed by atoms with Crippen LogP contribution in [-0.4, -0.2) is 22.7 Å². The highest BCUT2D eigenvalue weighted by Crippen LogP contribution is 2.31. The fourth-order valence-corrected chi connectivity index (χ4v) is 3.73. The van der Waals surface area contributed by atoms with Gasteiger partial charge in [-0.3, -0.25) is 14.4 Å². The summed E-state index contributed by atoms with van der Waals surface area (Å²) in [6.45, 7) is 0. The summed E-state index contributed by atoms with van der Waals surface area (Å²) >= 11 is 0. The molecule has 0 aliphatic carbocycles. The number of aromatic nitrogens is 1. The van der Waals surface area contributed by atoms with Crippen molar-refractivity contribution in [1.82, 2.24) is 4.98 Å². The zero-order chi connectivity index (χ0) is 20.8. The van der Waals surface area contributed by atoms with Crippen molar-refractivity contribution in [3.8, 4) is 11.3 Å². The summed E-state index contributed by atoms with van der Waals surface area (Å²) in [6.07, 6.45) is 0. The number of amides is 3. The summed E-state index contributed by atoms with van der Waals surface area (Å²) in [4.78, 5) is 43.0. The second-order valence-corrected chi connectivity index (χ2v) is 6.97. The topological polar surface area (TPSA) is 93.4 Å². The Kier molecular flexibility index (Phi) is 3.93. The summed E-state index contributed by atoms with van der Waals surface area (Å²) < 4.78 is 0. The molecule has 3 amide bonds. The molecule has 2 heterocycles. The number of para-hydroxylation sites is 1. The Bertz CT molecular complexity index is 1330. The van der Waals surface area contributed by atoms with Crippen LogP contribution in [0.2, 0.25) is 0 Å².